The maximum absolute atomic E-state index is 13.0. The van der Waals surface area contributed by atoms with Gasteiger partial charge in [-0.1, -0.05) is 11.8 Å². The van der Waals surface area contributed by atoms with Gasteiger partial charge in [0.25, 0.3) is 0 Å². The number of nitrogens with zero attached hydrogens (tertiary/aromatic N) is 3. The van der Waals surface area contributed by atoms with Crippen LogP contribution < -0.4 is 32.1 Å². The number of carboxylic acid groups (broad SMARTS) is 1. The van der Waals surface area contributed by atoms with E-state index in [9.17, 15) is 14.7 Å². The highest BCUT2D eigenvalue weighted by Gasteiger charge is 2.23. The molecular weight excluding hydrogens is 607 g/mol. The number of fused-ring (bicyclic) bond motifs is 1. The van der Waals surface area contributed by atoms with Crippen LogP contribution in [0.4, 0.5) is 11.8 Å². The van der Waals surface area contributed by atoms with Gasteiger partial charge in [0.05, 0.1) is 25.3 Å². The Labute approximate surface area is 266 Å². The lowest BCUT2D eigenvalue weighted by molar-refractivity contribution is 0.0694. The molecule has 0 saturated heterocycles. The zero-order valence-electron chi connectivity index (χ0n) is 24.2. The Hall–Kier alpha value is -4.50. The summed E-state index contributed by atoms with van der Waals surface area (Å²) in [6.45, 7) is 0. The minimum Gasteiger partial charge on any atom is -0.493 e. The van der Waals surface area contributed by atoms with Crippen molar-refractivity contribution >= 4 is 53.5 Å². The Kier molecular flexibility index (Phi) is 11.1. The number of hydrogen-bond donors (Lipinski definition) is 4. The average Bonchev–Trinajstić information content (AvgIpc) is 2.97. The highest BCUT2D eigenvalue weighted by Crippen LogP contribution is 2.34. The summed E-state index contributed by atoms with van der Waals surface area (Å²) in [7, 11) is 3.09. The van der Waals surface area contributed by atoms with Gasteiger partial charge >= 0.3 is 5.97 Å². The number of aromatic nitrogens is 3. The van der Waals surface area contributed by atoms with E-state index in [1.807, 2.05) is 22.8 Å². The number of hydrogen-bond acceptors (Lipinski definition) is 9. The topological polar surface area (TPSA) is 182 Å². The molecule has 1 aliphatic carbocycles. The normalized spacial score (nSPS) is 15.7. The largest absolute Gasteiger partial charge is 0.493 e. The number of carboxylic acids is 1. The molecule has 1 saturated carbocycles. The van der Waals surface area contributed by atoms with Crippen molar-refractivity contribution < 1.29 is 19.4 Å². The van der Waals surface area contributed by atoms with Crippen LogP contribution in [0.25, 0.3) is 10.9 Å². The Bertz CT molecular complexity index is 1810. The third-order valence-corrected chi connectivity index (χ3v) is 7.59. The second kappa shape index (κ2) is 14.3. The molecule has 0 amide bonds. The van der Waals surface area contributed by atoms with Crippen LogP contribution in [-0.2, 0) is 6.42 Å². The fraction of sp³-hybridized carbons (Fsp3) is 0.290. The first kappa shape index (κ1) is 34.0. The van der Waals surface area contributed by atoms with Gasteiger partial charge in [0.1, 0.15) is 11.4 Å². The molecule has 2 aromatic heterocycles. The van der Waals surface area contributed by atoms with Gasteiger partial charge in [-0.05, 0) is 61.6 Å². The minimum absolute atomic E-state index is 0. The number of rotatable bonds is 6. The SMILES string of the molecule is COc1cc(Cc2cnc(N)nc2N)cc(C#Cc2ccc3c(=O)c(C(=O)O)cn([C@H]4CC[C@H](N)CC4)c3c2)c1OC.Cl.Cl. The molecule has 44 heavy (non-hydrogen) atoms. The quantitative estimate of drug-likeness (QED) is 0.225. The zero-order valence-corrected chi connectivity index (χ0v) is 25.8. The third kappa shape index (κ3) is 7.00. The fourth-order valence-corrected chi connectivity index (χ4v) is 5.41. The molecule has 232 valence electrons. The molecule has 0 atom stereocenters. The molecule has 0 aliphatic heterocycles. The summed E-state index contributed by atoms with van der Waals surface area (Å²) in [6, 6.07) is 9.04. The van der Waals surface area contributed by atoms with Crippen molar-refractivity contribution in [3.8, 4) is 23.3 Å². The summed E-state index contributed by atoms with van der Waals surface area (Å²) >= 11 is 0. The number of methoxy groups -OCH3 is 2. The lowest BCUT2D eigenvalue weighted by atomic mass is 9.91. The van der Waals surface area contributed by atoms with Gasteiger partial charge in [0.2, 0.25) is 11.4 Å². The van der Waals surface area contributed by atoms with Gasteiger partial charge in [-0.3, -0.25) is 4.79 Å². The average molecular weight is 642 g/mol. The van der Waals surface area contributed by atoms with Gasteiger partial charge in [-0.2, -0.15) is 4.98 Å². The van der Waals surface area contributed by atoms with E-state index in [2.05, 4.69) is 21.8 Å². The smallest absolute Gasteiger partial charge is 0.341 e. The maximum atomic E-state index is 13.0. The number of nitrogen functional groups attached to an aromatic ring is 2. The molecule has 0 unspecified atom stereocenters. The van der Waals surface area contributed by atoms with Crippen molar-refractivity contribution in [1.29, 1.82) is 0 Å². The highest BCUT2D eigenvalue weighted by molar-refractivity contribution is 5.93. The minimum atomic E-state index is -1.25. The molecule has 7 N–H and O–H groups in total. The zero-order chi connectivity index (χ0) is 30.0. The van der Waals surface area contributed by atoms with Gasteiger partial charge in [0, 0.05) is 47.4 Å². The van der Waals surface area contributed by atoms with Crippen molar-refractivity contribution in [3.63, 3.8) is 0 Å². The number of aromatic carboxylic acids is 1. The molecule has 2 heterocycles. The number of ether oxygens (including phenoxy) is 2. The number of carbonyl (C=O) groups is 1. The molecule has 0 radical (unpaired) electrons. The van der Waals surface area contributed by atoms with Crippen LogP contribution in [0.2, 0.25) is 0 Å². The Morgan fingerprint density at radius 1 is 1.07 bits per heavy atom. The van der Waals surface area contributed by atoms with Crippen LogP contribution in [0.5, 0.6) is 11.5 Å². The van der Waals surface area contributed by atoms with Crippen molar-refractivity contribution in [2.75, 3.05) is 25.7 Å². The number of nitrogens with two attached hydrogens (primary N) is 3. The molecule has 1 fully saturated rings. The van der Waals surface area contributed by atoms with E-state index in [0.29, 0.717) is 45.5 Å². The van der Waals surface area contributed by atoms with Crippen molar-refractivity contribution in [3.05, 3.63) is 80.8 Å². The predicted molar refractivity (Wildman–Crippen MR) is 174 cm³/mol. The number of anilines is 2. The monoisotopic (exact) mass is 640 g/mol. The summed E-state index contributed by atoms with van der Waals surface area (Å²) in [5.41, 5.74) is 20.4. The van der Waals surface area contributed by atoms with Crippen LogP contribution in [0.3, 0.4) is 0 Å². The van der Waals surface area contributed by atoms with E-state index in [1.54, 1.807) is 32.5 Å². The maximum Gasteiger partial charge on any atom is 0.341 e. The molecule has 2 aromatic carbocycles. The van der Waals surface area contributed by atoms with Crippen LogP contribution in [-0.4, -0.2) is 45.9 Å². The van der Waals surface area contributed by atoms with Gasteiger partial charge in [-0.25, -0.2) is 9.78 Å². The standard InChI is InChI=1S/C31H32N6O5.2ClH/c1-41-26-14-18(12-20-15-35-31(34)36-29(20)33)11-19(28(26)42-2)5-3-17-4-10-23-25(13-17)37(16-24(27(23)38)30(39)40)22-8-6-21(32)7-9-22;;/h4,10-11,13-16,21-22H,6-9,12,32H2,1-2H3,(H,39,40)(H4,33,34,35,36);2*1H/t21-,22-;;. The van der Waals surface area contributed by atoms with Crippen LogP contribution in [0.15, 0.2) is 47.5 Å². The second-order valence-corrected chi connectivity index (χ2v) is 10.3. The Morgan fingerprint density at radius 3 is 2.43 bits per heavy atom. The van der Waals surface area contributed by atoms with E-state index in [-0.39, 0.29) is 54.2 Å². The number of halogens is 2. The molecule has 13 heteroatoms. The summed E-state index contributed by atoms with van der Waals surface area (Å²) in [6.07, 6.45) is 6.70. The number of pyridine rings is 1. The molecular formula is C31H34Cl2N6O5. The van der Waals surface area contributed by atoms with Crippen molar-refractivity contribution in [2.24, 2.45) is 5.73 Å². The van der Waals surface area contributed by atoms with E-state index >= 15 is 0 Å². The molecule has 1 aliphatic rings. The fourth-order valence-electron chi connectivity index (χ4n) is 5.41. The molecule has 0 spiro atoms. The second-order valence-electron chi connectivity index (χ2n) is 10.3. The first-order chi connectivity index (χ1) is 20.2. The van der Waals surface area contributed by atoms with E-state index < -0.39 is 11.4 Å². The highest BCUT2D eigenvalue weighted by atomic mass is 35.5. The van der Waals surface area contributed by atoms with Gasteiger partial charge in [-0.15, -0.1) is 24.8 Å². The van der Waals surface area contributed by atoms with Crippen LogP contribution >= 0.6 is 24.8 Å². The predicted octanol–water partition coefficient (Wildman–Crippen LogP) is 3.95. The summed E-state index contributed by atoms with van der Waals surface area (Å²) in [4.78, 5) is 33.0. The lowest BCUT2D eigenvalue weighted by Gasteiger charge is -2.29. The molecule has 4 aromatic rings. The van der Waals surface area contributed by atoms with Crippen molar-refractivity contribution in [2.45, 2.75) is 44.2 Å². The van der Waals surface area contributed by atoms with E-state index in [0.717, 1.165) is 31.2 Å². The first-order valence-corrected chi connectivity index (χ1v) is 13.5. The first-order valence-electron chi connectivity index (χ1n) is 13.5. The van der Waals surface area contributed by atoms with Gasteiger partial charge < -0.3 is 36.3 Å². The number of benzene rings is 2. The molecule has 5 rings (SSSR count). The van der Waals surface area contributed by atoms with Crippen LogP contribution in [0.1, 0.15) is 64.3 Å². The van der Waals surface area contributed by atoms with Crippen LogP contribution in [0, 0.1) is 11.8 Å². The van der Waals surface area contributed by atoms with E-state index in [1.165, 1.54) is 6.20 Å². The summed E-state index contributed by atoms with van der Waals surface area (Å²) in [5, 5.41) is 10.0. The summed E-state index contributed by atoms with van der Waals surface area (Å²) in [5.74, 6) is 6.47. The lowest BCUT2D eigenvalue weighted by Crippen LogP contribution is -2.29. The molecule has 11 nitrogen and oxygen atoms in total. The Morgan fingerprint density at radius 2 is 1.80 bits per heavy atom. The van der Waals surface area contributed by atoms with Crippen molar-refractivity contribution in [1.82, 2.24) is 14.5 Å². The Balaban J connectivity index is 0.00000264. The van der Waals surface area contributed by atoms with Gasteiger partial charge in [0.15, 0.2) is 11.5 Å². The molecule has 0 bridgehead atoms. The van der Waals surface area contributed by atoms with E-state index in [4.69, 9.17) is 26.7 Å². The third-order valence-electron chi connectivity index (χ3n) is 7.59. The summed E-state index contributed by atoms with van der Waals surface area (Å²) < 4.78 is 13.1.